The molecule has 0 aliphatic heterocycles. The van der Waals surface area contributed by atoms with Gasteiger partial charge in [0.2, 0.25) is 47.3 Å². The van der Waals surface area contributed by atoms with Crippen LogP contribution in [0, 0.1) is 10.8 Å². The topological polar surface area (TPSA) is 546 Å². The first-order chi connectivity index (χ1) is 33.2. The van der Waals surface area contributed by atoms with Gasteiger partial charge in [0, 0.05) is 32.4 Å². The lowest BCUT2D eigenvalue weighted by Gasteiger charge is -2.28. The van der Waals surface area contributed by atoms with E-state index in [-0.39, 0.29) is 57.4 Å². The molecule has 0 aromatic carbocycles. The summed E-state index contributed by atoms with van der Waals surface area (Å²) in [5, 5.41) is 72.8. The molecule has 0 aromatic rings. The first kappa shape index (κ1) is 63.5. The number of nitrogens with two attached hydrogens (primary N) is 4. The van der Waals surface area contributed by atoms with Gasteiger partial charge in [-0.25, -0.2) is 4.79 Å². The van der Waals surface area contributed by atoms with Gasteiger partial charge in [-0.05, 0) is 70.3 Å². The highest BCUT2D eigenvalue weighted by Gasteiger charge is 2.34. The summed E-state index contributed by atoms with van der Waals surface area (Å²) >= 11 is 1.24. The van der Waals surface area contributed by atoms with Crippen LogP contribution in [-0.4, -0.2) is 177 Å². The Balaban J connectivity index is 6.78. The molecule has 8 atom stereocenters. The summed E-state index contributed by atoms with van der Waals surface area (Å²) in [5.74, 6) is -14.6. The first-order valence-corrected chi connectivity index (χ1v) is 23.3. The molecule has 8 amide bonds. The van der Waals surface area contributed by atoms with E-state index in [4.69, 9.17) is 44.0 Å². The third kappa shape index (κ3) is 28.6. The minimum Gasteiger partial charge on any atom is -0.481 e. The number of amides is 8. The maximum Gasteiger partial charge on any atom is 0.326 e. The first-order valence-electron chi connectivity index (χ1n) is 21.9. The largest absolute Gasteiger partial charge is 0.481 e. The molecule has 0 fully saturated rings. The molecule has 0 rings (SSSR count). The van der Waals surface area contributed by atoms with E-state index in [2.05, 4.69) is 42.5 Å². The van der Waals surface area contributed by atoms with Crippen LogP contribution in [0.25, 0.3) is 0 Å². The van der Waals surface area contributed by atoms with Crippen LogP contribution in [0.3, 0.4) is 0 Å². The number of carboxylic acid groups (broad SMARTS) is 4. The number of thioether (sulfide) groups is 1. The van der Waals surface area contributed by atoms with Crippen LogP contribution >= 0.6 is 11.8 Å². The predicted molar refractivity (Wildman–Crippen MR) is 251 cm³/mol. The molecule has 32 heteroatoms. The van der Waals surface area contributed by atoms with Crippen LogP contribution in [0.2, 0.25) is 0 Å². The summed E-state index contributed by atoms with van der Waals surface area (Å²) in [4.78, 5) is 152. The predicted octanol–water partition coefficient (Wildman–Crippen LogP) is -6.44. The van der Waals surface area contributed by atoms with Crippen LogP contribution in [0.5, 0.6) is 0 Å². The average molecular weight is 1030 g/mol. The van der Waals surface area contributed by atoms with Gasteiger partial charge >= 0.3 is 23.9 Å². The maximum atomic E-state index is 14.0. The van der Waals surface area contributed by atoms with Gasteiger partial charge in [-0.15, -0.1) is 0 Å². The fourth-order valence-electron chi connectivity index (χ4n) is 6.02. The molecule has 0 aromatic heterocycles. The summed E-state index contributed by atoms with van der Waals surface area (Å²) in [6, 6.07) is -12.6. The second kappa shape index (κ2) is 33.9. The van der Waals surface area contributed by atoms with Gasteiger partial charge in [0.1, 0.15) is 42.3 Å². The Morgan fingerprint density at radius 2 is 0.845 bits per heavy atom. The lowest BCUT2D eigenvalue weighted by atomic mass is 10.0. The normalized spacial score (nSPS) is 14.1. The molecule has 71 heavy (non-hydrogen) atoms. The highest BCUT2D eigenvalue weighted by Crippen LogP contribution is 2.10. The molecule has 0 spiro atoms. The van der Waals surface area contributed by atoms with Crippen LogP contribution in [0.15, 0.2) is 0 Å². The smallest absolute Gasteiger partial charge is 0.326 e. The van der Waals surface area contributed by atoms with Gasteiger partial charge in [0.25, 0.3) is 0 Å². The standard InChI is InChI=1S/C39H67N15O16S/c1-18(30(62)54-25(37(69)70)17-29(60)61)48-32(64)20(5-3-14-46-38(42)43)50-33(65)21(6-4-15-47-39(44)45)51-34(66)22(8-10-26(41)55)52-36(68)24(13-16-71-2)53-35(67)23(9-12-28(58)59)49-31(63)19(40)7-11-27(56)57/h18-25H,3-17,40H2,1-2H3,(H2,41,55)(H,48,64)(H,49,63)(H,50,65)(H,51,66)(H,52,68)(H,53,67)(H,54,62)(H,56,57)(H,58,59)(H,60,61)(H,69,70)(H4,42,43,46)(H4,44,45,47)/t18-,19-,20-,21-,22-,23-,24-,25-/m0/s1. The van der Waals surface area contributed by atoms with Crippen LogP contribution in [0.4, 0.5) is 0 Å². The minimum atomic E-state index is -1.86. The number of nitrogens with one attached hydrogen (secondary N) is 11. The van der Waals surface area contributed by atoms with Crippen LogP contribution in [0.1, 0.15) is 84.0 Å². The molecule has 0 aliphatic rings. The second-order valence-corrected chi connectivity index (χ2v) is 16.7. The molecule has 0 bridgehead atoms. The molecular weight excluding hydrogens is 967 g/mol. The lowest BCUT2D eigenvalue weighted by molar-refractivity contribution is -0.147. The van der Waals surface area contributed by atoms with Crippen molar-refractivity contribution < 1.29 is 78.0 Å². The number of primary amides is 1. The monoisotopic (exact) mass is 1030 g/mol. The van der Waals surface area contributed by atoms with Gasteiger partial charge in [-0.1, -0.05) is 0 Å². The molecule has 400 valence electrons. The summed E-state index contributed by atoms with van der Waals surface area (Å²) in [6.07, 6.45) is -2.70. The van der Waals surface area contributed by atoms with Crippen molar-refractivity contribution in [1.29, 1.82) is 10.8 Å². The Kier molecular flexibility index (Phi) is 30.3. The Morgan fingerprint density at radius 1 is 0.479 bits per heavy atom. The number of hydrogen-bond acceptors (Lipinski definition) is 16. The maximum absolute atomic E-state index is 14.0. The number of carbonyl (C=O) groups excluding carboxylic acids is 8. The van der Waals surface area contributed by atoms with Crippen molar-refractivity contribution in [2.75, 3.05) is 25.1 Å². The fourth-order valence-corrected chi connectivity index (χ4v) is 6.49. The molecule has 23 N–H and O–H groups in total. The summed E-state index contributed by atoms with van der Waals surface area (Å²) < 4.78 is 0. The van der Waals surface area contributed by atoms with E-state index in [0.29, 0.717) is 0 Å². The minimum absolute atomic E-state index is 0.0113. The lowest BCUT2D eigenvalue weighted by Crippen LogP contribution is -2.60. The van der Waals surface area contributed by atoms with Gasteiger partial charge < -0.3 is 91.2 Å². The van der Waals surface area contributed by atoms with Gasteiger partial charge in [-0.3, -0.25) is 63.6 Å². The zero-order chi connectivity index (χ0) is 54.4. The molecule has 0 heterocycles. The number of carboxylic acids is 4. The molecular formula is C39H67N15O16S. The number of hydrogen-bond donors (Lipinski definition) is 19. The second-order valence-electron chi connectivity index (χ2n) is 15.8. The molecule has 0 aliphatic carbocycles. The average Bonchev–Trinajstić information content (AvgIpc) is 3.27. The van der Waals surface area contributed by atoms with Crippen molar-refractivity contribution in [2.45, 2.75) is 132 Å². The van der Waals surface area contributed by atoms with Crippen molar-refractivity contribution in [3.63, 3.8) is 0 Å². The van der Waals surface area contributed by atoms with E-state index in [9.17, 15) is 67.7 Å². The highest BCUT2D eigenvalue weighted by molar-refractivity contribution is 7.98. The molecule has 0 saturated carbocycles. The Hall–Kier alpha value is -7.51. The summed E-state index contributed by atoms with van der Waals surface area (Å²) in [7, 11) is 0. The molecule has 0 saturated heterocycles. The van der Waals surface area contributed by atoms with E-state index in [1.807, 2.05) is 5.32 Å². The van der Waals surface area contributed by atoms with Gasteiger partial charge in [0.15, 0.2) is 11.9 Å². The zero-order valence-corrected chi connectivity index (χ0v) is 39.9. The van der Waals surface area contributed by atoms with E-state index in [0.717, 1.165) is 6.92 Å². The van der Waals surface area contributed by atoms with Gasteiger partial charge in [-0.2, -0.15) is 11.8 Å². The van der Waals surface area contributed by atoms with Crippen molar-refractivity contribution >= 4 is 94.8 Å². The van der Waals surface area contributed by atoms with E-state index in [1.54, 1.807) is 6.26 Å². The molecule has 0 unspecified atom stereocenters. The SMILES string of the molecule is CSCC[C@H](NC(=O)[C@H](CCC(=O)O)NC(=O)[C@@H](N)CCC(=O)O)C(=O)N[C@@H](CCC(N)=O)C(=O)N[C@@H](CCCNC(=N)N)C(=O)N[C@@H](CCCNC(=N)N)C(=O)N[C@@H](C)C(=O)N[C@@H](CC(=O)O)C(=O)O. The number of rotatable bonds is 37. The van der Waals surface area contributed by atoms with Crippen LogP contribution in [-0.2, 0) is 57.5 Å². The van der Waals surface area contributed by atoms with E-state index < -0.39 is 170 Å². The highest BCUT2D eigenvalue weighted by atomic mass is 32.2. The van der Waals surface area contributed by atoms with E-state index >= 15 is 0 Å². The quantitative estimate of drug-likeness (QED) is 0.0156. The summed E-state index contributed by atoms with van der Waals surface area (Å²) in [5.41, 5.74) is 21.8. The van der Waals surface area contributed by atoms with E-state index in [1.165, 1.54) is 11.8 Å². The van der Waals surface area contributed by atoms with Crippen molar-refractivity contribution in [2.24, 2.45) is 22.9 Å². The number of carbonyl (C=O) groups is 12. The Bertz CT molecular complexity index is 1930. The van der Waals surface area contributed by atoms with Gasteiger partial charge in [0.05, 0.1) is 12.5 Å². The van der Waals surface area contributed by atoms with Crippen molar-refractivity contribution in [3.8, 4) is 0 Å². The fraction of sp³-hybridized carbons (Fsp3) is 0.641. The zero-order valence-electron chi connectivity index (χ0n) is 39.1. The van der Waals surface area contributed by atoms with Crippen molar-refractivity contribution in [3.05, 3.63) is 0 Å². The number of guanidine groups is 2. The molecule has 31 nitrogen and oxygen atoms in total. The third-order valence-electron chi connectivity index (χ3n) is 9.82. The van der Waals surface area contributed by atoms with Crippen LogP contribution < -0.4 is 70.8 Å². The Labute approximate surface area is 411 Å². The van der Waals surface area contributed by atoms with Crippen molar-refractivity contribution in [1.82, 2.24) is 47.9 Å². The molecule has 0 radical (unpaired) electrons. The number of aliphatic carboxylic acids is 4. The Morgan fingerprint density at radius 3 is 1.23 bits per heavy atom. The third-order valence-corrected chi connectivity index (χ3v) is 10.5. The summed E-state index contributed by atoms with van der Waals surface area (Å²) in [6.45, 7) is 1.14.